The van der Waals surface area contributed by atoms with Crippen molar-refractivity contribution in [3.05, 3.63) is 70.8 Å². The smallest absolute Gasteiger partial charge is 0.211 e. The van der Waals surface area contributed by atoms with Gasteiger partial charge in [-0.3, -0.25) is 0 Å². The molecule has 0 radical (unpaired) electrons. The normalized spacial score (nSPS) is 21.0. The molecule has 2 atom stereocenters. The van der Waals surface area contributed by atoms with E-state index in [-0.39, 0.29) is 18.2 Å². The van der Waals surface area contributed by atoms with E-state index >= 15 is 0 Å². The van der Waals surface area contributed by atoms with Gasteiger partial charge in [-0.2, -0.15) is 0 Å². The van der Waals surface area contributed by atoms with E-state index in [1.165, 1.54) is 36.0 Å². The molecule has 2 N–H and O–H groups in total. The van der Waals surface area contributed by atoms with Crippen LogP contribution < -0.4 is 10.0 Å². The van der Waals surface area contributed by atoms with Crippen molar-refractivity contribution in [2.45, 2.75) is 70.0 Å². The van der Waals surface area contributed by atoms with E-state index in [1.807, 2.05) is 6.92 Å². The zero-order chi connectivity index (χ0) is 20.3. The van der Waals surface area contributed by atoms with Crippen molar-refractivity contribution in [3.63, 3.8) is 0 Å². The summed E-state index contributed by atoms with van der Waals surface area (Å²) in [7, 11) is -3.19. The molecular weight excluding hydrogens is 416 g/mol. The average molecular weight is 449 g/mol. The summed E-state index contributed by atoms with van der Waals surface area (Å²) >= 11 is 0. The third-order valence-corrected chi connectivity index (χ3v) is 7.64. The van der Waals surface area contributed by atoms with Gasteiger partial charge in [-0.05, 0) is 60.8 Å². The predicted molar refractivity (Wildman–Crippen MR) is 126 cm³/mol. The van der Waals surface area contributed by atoms with Gasteiger partial charge in [0.1, 0.15) is 0 Å². The van der Waals surface area contributed by atoms with Gasteiger partial charge in [-0.25, -0.2) is 13.1 Å². The van der Waals surface area contributed by atoms with Crippen LogP contribution in [0, 0.1) is 0 Å². The molecule has 2 aliphatic rings. The standard InChI is InChI=1S/C24H32N2O2S.ClH/c1-2-14-29(27,28)25-17-19-8-9-20-10-13-24(26-21-11-12-21)23(22(20)16-19)15-18-6-4-3-5-7-18;/h3-9,16,21,23-26H,2,10-15,17H2,1H3;1H. The molecule has 1 fully saturated rings. The lowest BCUT2D eigenvalue weighted by Gasteiger charge is -2.35. The summed E-state index contributed by atoms with van der Waals surface area (Å²) in [4.78, 5) is 0. The Balaban J connectivity index is 0.00000256. The second-order valence-electron chi connectivity index (χ2n) is 8.56. The van der Waals surface area contributed by atoms with Crippen LogP contribution in [0.3, 0.4) is 0 Å². The van der Waals surface area contributed by atoms with Crippen LogP contribution in [0.4, 0.5) is 0 Å². The maximum Gasteiger partial charge on any atom is 0.211 e. The topological polar surface area (TPSA) is 58.2 Å². The van der Waals surface area contributed by atoms with Crippen LogP contribution in [0.1, 0.15) is 60.8 Å². The predicted octanol–water partition coefficient (Wildman–Crippen LogP) is 4.33. The fraction of sp³-hybridized carbons (Fsp3) is 0.500. The van der Waals surface area contributed by atoms with Gasteiger partial charge in [0, 0.05) is 24.5 Å². The molecule has 0 heterocycles. The molecule has 0 bridgehead atoms. The maximum atomic E-state index is 12.1. The maximum absolute atomic E-state index is 12.1. The molecule has 164 valence electrons. The van der Waals surface area contributed by atoms with E-state index in [0.717, 1.165) is 18.4 Å². The molecule has 2 unspecified atom stereocenters. The van der Waals surface area contributed by atoms with Gasteiger partial charge in [-0.1, -0.05) is 55.5 Å². The number of fused-ring (bicyclic) bond motifs is 1. The molecule has 4 nitrogen and oxygen atoms in total. The molecule has 0 aromatic heterocycles. The number of sulfonamides is 1. The highest BCUT2D eigenvalue weighted by atomic mass is 35.5. The molecule has 4 rings (SSSR count). The summed E-state index contributed by atoms with van der Waals surface area (Å²) in [6.07, 6.45) is 6.49. The Labute approximate surface area is 187 Å². The largest absolute Gasteiger partial charge is 0.311 e. The van der Waals surface area contributed by atoms with Crippen molar-refractivity contribution in [2.75, 3.05) is 5.75 Å². The summed E-state index contributed by atoms with van der Waals surface area (Å²) in [5, 5.41) is 3.88. The van der Waals surface area contributed by atoms with E-state index in [0.29, 0.717) is 31.0 Å². The van der Waals surface area contributed by atoms with Crippen LogP contribution >= 0.6 is 12.4 Å². The summed E-state index contributed by atoms with van der Waals surface area (Å²) < 4.78 is 26.9. The van der Waals surface area contributed by atoms with Gasteiger partial charge >= 0.3 is 0 Å². The number of hydrogen-bond donors (Lipinski definition) is 2. The lowest BCUT2D eigenvalue weighted by atomic mass is 9.75. The highest BCUT2D eigenvalue weighted by Gasteiger charge is 2.34. The minimum atomic E-state index is -3.19. The van der Waals surface area contributed by atoms with Crippen molar-refractivity contribution in [2.24, 2.45) is 0 Å². The van der Waals surface area contributed by atoms with E-state index in [1.54, 1.807) is 0 Å². The number of halogens is 1. The van der Waals surface area contributed by atoms with Gasteiger partial charge in [-0.15, -0.1) is 12.4 Å². The van der Waals surface area contributed by atoms with Crippen LogP contribution in [0.2, 0.25) is 0 Å². The van der Waals surface area contributed by atoms with E-state index in [2.05, 4.69) is 58.6 Å². The highest BCUT2D eigenvalue weighted by molar-refractivity contribution is 7.89. The Bertz CT molecular complexity index is 929. The summed E-state index contributed by atoms with van der Waals surface area (Å²) in [5.74, 6) is 0.607. The molecule has 6 heteroatoms. The van der Waals surface area contributed by atoms with E-state index in [4.69, 9.17) is 0 Å². The number of benzene rings is 2. The molecule has 0 amide bonds. The number of nitrogens with one attached hydrogen (secondary N) is 2. The Hall–Kier alpha value is -1.40. The average Bonchev–Trinajstić information content (AvgIpc) is 3.53. The minimum Gasteiger partial charge on any atom is -0.311 e. The molecule has 2 aromatic rings. The Morgan fingerprint density at radius 1 is 1.00 bits per heavy atom. The lowest BCUT2D eigenvalue weighted by Crippen LogP contribution is -2.40. The molecule has 2 aliphatic carbocycles. The van der Waals surface area contributed by atoms with E-state index < -0.39 is 10.0 Å². The fourth-order valence-corrected chi connectivity index (χ4v) is 5.53. The highest BCUT2D eigenvalue weighted by Crippen LogP contribution is 2.37. The first-order valence-electron chi connectivity index (χ1n) is 10.9. The quantitative estimate of drug-likeness (QED) is 0.600. The van der Waals surface area contributed by atoms with Crippen LogP contribution in [0.15, 0.2) is 48.5 Å². The first kappa shape index (κ1) is 23.3. The third kappa shape index (κ3) is 6.07. The van der Waals surface area contributed by atoms with E-state index in [9.17, 15) is 8.42 Å². The first-order chi connectivity index (χ1) is 14.0. The number of hydrogen-bond acceptors (Lipinski definition) is 3. The van der Waals surface area contributed by atoms with Crippen LogP contribution in [0.5, 0.6) is 0 Å². The van der Waals surface area contributed by atoms with Gasteiger partial charge in [0.05, 0.1) is 5.75 Å². The third-order valence-electron chi connectivity index (χ3n) is 6.11. The molecule has 0 spiro atoms. The molecule has 0 saturated heterocycles. The lowest BCUT2D eigenvalue weighted by molar-refractivity contribution is 0.381. The summed E-state index contributed by atoms with van der Waals surface area (Å²) in [6.45, 7) is 2.26. The Morgan fingerprint density at radius 2 is 1.77 bits per heavy atom. The minimum absolute atomic E-state index is 0. The van der Waals surface area contributed by atoms with Crippen molar-refractivity contribution in [3.8, 4) is 0 Å². The Kier molecular flexibility index (Phi) is 7.97. The van der Waals surface area contributed by atoms with Crippen molar-refractivity contribution >= 4 is 22.4 Å². The molecule has 0 aliphatic heterocycles. The SMILES string of the molecule is CCCS(=O)(=O)NCc1ccc2c(c1)C(Cc1ccccc1)C(NC1CC1)CC2.Cl. The van der Waals surface area contributed by atoms with Gasteiger partial charge in [0.2, 0.25) is 10.0 Å². The Morgan fingerprint density at radius 3 is 2.47 bits per heavy atom. The number of rotatable bonds is 9. The second-order valence-corrected chi connectivity index (χ2v) is 10.5. The zero-order valence-electron chi connectivity index (χ0n) is 17.6. The van der Waals surface area contributed by atoms with Crippen LogP contribution in [-0.4, -0.2) is 26.3 Å². The second kappa shape index (κ2) is 10.3. The summed E-state index contributed by atoms with van der Waals surface area (Å²) in [5.41, 5.74) is 5.22. The van der Waals surface area contributed by atoms with Crippen molar-refractivity contribution in [1.82, 2.24) is 10.0 Å². The fourth-order valence-electron chi connectivity index (χ4n) is 4.46. The van der Waals surface area contributed by atoms with Crippen LogP contribution in [0.25, 0.3) is 0 Å². The molecule has 2 aromatic carbocycles. The van der Waals surface area contributed by atoms with Gasteiger partial charge in [0.25, 0.3) is 0 Å². The van der Waals surface area contributed by atoms with Gasteiger partial charge in [0.15, 0.2) is 0 Å². The monoisotopic (exact) mass is 448 g/mol. The molecular formula is C24H33ClN2O2S. The van der Waals surface area contributed by atoms with Crippen LogP contribution in [-0.2, 0) is 29.4 Å². The first-order valence-corrected chi connectivity index (χ1v) is 12.6. The molecule has 30 heavy (non-hydrogen) atoms. The van der Waals surface area contributed by atoms with Crippen molar-refractivity contribution < 1.29 is 8.42 Å². The summed E-state index contributed by atoms with van der Waals surface area (Å²) in [6, 6.07) is 18.4. The van der Waals surface area contributed by atoms with Crippen molar-refractivity contribution in [1.29, 1.82) is 0 Å². The zero-order valence-corrected chi connectivity index (χ0v) is 19.3. The van der Waals surface area contributed by atoms with Gasteiger partial charge < -0.3 is 5.32 Å². The number of aryl methyl sites for hydroxylation is 1. The molecule has 1 saturated carbocycles.